The molecule has 4 rings (SSSR count). The van der Waals surface area contributed by atoms with Crippen LogP contribution in [0.25, 0.3) is 0 Å². The summed E-state index contributed by atoms with van der Waals surface area (Å²) in [7, 11) is -3.61. The van der Waals surface area contributed by atoms with Gasteiger partial charge in [0.25, 0.3) is 0 Å². The van der Waals surface area contributed by atoms with Gasteiger partial charge in [-0.3, -0.25) is 0 Å². The highest BCUT2D eigenvalue weighted by molar-refractivity contribution is 7.89. The van der Waals surface area contributed by atoms with E-state index in [1.807, 2.05) is 18.7 Å². The number of anilines is 1. The fraction of sp³-hybridized carbons (Fsp3) is 0.273. The Hall–Kier alpha value is -3.11. The Bertz CT molecular complexity index is 1220. The fourth-order valence-corrected chi connectivity index (χ4v) is 5.19. The van der Waals surface area contributed by atoms with Crippen LogP contribution in [0.1, 0.15) is 12.5 Å². The molecule has 0 spiro atoms. The van der Waals surface area contributed by atoms with Gasteiger partial charge in [0.05, 0.1) is 4.90 Å². The minimum atomic E-state index is -3.61. The Labute approximate surface area is 185 Å². The molecule has 0 aliphatic carbocycles. The molecule has 1 aliphatic rings. The number of ether oxygens (including phenoxy) is 1. The molecule has 7 nitrogen and oxygen atoms in total. The van der Waals surface area contributed by atoms with Gasteiger partial charge < -0.3 is 9.64 Å². The first kappa shape index (κ1) is 22.1. The second-order valence-corrected chi connectivity index (χ2v) is 9.51. The van der Waals surface area contributed by atoms with E-state index in [1.165, 1.54) is 16.7 Å². The third-order valence-corrected chi connectivity index (χ3v) is 7.28. The highest BCUT2D eigenvalue weighted by Gasteiger charge is 2.34. The predicted octanol–water partition coefficient (Wildman–Crippen LogP) is 3.75. The van der Waals surface area contributed by atoms with Crippen molar-refractivity contribution in [3.63, 3.8) is 0 Å². The maximum atomic E-state index is 13.9. The first-order chi connectivity index (χ1) is 15.2. The predicted molar refractivity (Wildman–Crippen MR) is 115 cm³/mol. The second-order valence-electron chi connectivity index (χ2n) is 7.62. The van der Waals surface area contributed by atoms with Crippen LogP contribution in [-0.2, 0) is 10.0 Å². The molecule has 0 N–H and O–H groups in total. The Morgan fingerprint density at radius 3 is 2.47 bits per heavy atom. The monoisotopic (exact) mass is 460 g/mol. The van der Waals surface area contributed by atoms with Gasteiger partial charge in [0.1, 0.15) is 18.0 Å². The molecule has 0 amide bonds. The largest absolute Gasteiger partial charge is 0.436 e. The molecule has 1 aromatic heterocycles. The Balaban J connectivity index is 1.49. The molecule has 1 unspecified atom stereocenters. The van der Waals surface area contributed by atoms with Crippen molar-refractivity contribution in [3.8, 4) is 11.6 Å². The first-order valence-corrected chi connectivity index (χ1v) is 11.5. The number of hydrogen-bond donors (Lipinski definition) is 0. The zero-order chi connectivity index (χ0) is 22.9. The third kappa shape index (κ3) is 4.56. The molecular weight excluding hydrogens is 438 g/mol. The summed E-state index contributed by atoms with van der Waals surface area (Å²) in [5.41, 5.74) is 0.990. The smallest absolute Gasteiger partial charge is 0.243 e. The molecule has 0 radical (unpaired) electrons. The summed E-state index contributed by atoms with van der Waals surface area (Å²) in [5, 5.41) is 0. The van der Waals surface area contributed by atoms with Crippen molar-refractivity contribution in [2.24, 2.45) is 0 Å². The summed E-state index contributed by atoms with van der Waals surface area (Å²) in [6, 6.07) is 11.0. The lowest BCUT2D eigenvalue weighted by Gasteiger charge is -2.39. The van der Waals surface area contributed by atoms with Crippen LogP contribution in [-0.4, -0.2) is 48.4 Å². The van der Waals surface area contributed by atoms with E-state index in [4.69, 9.17) is 4.74 Å². The van der Waals surface area contributed by atoms with E-state index in [0.29, 0.717) is 18.9 Å². The van der Waals surface area contributed by atoms with Gasteiger partial charge in [-0.2, -0.15) is 4.31 Å². The van der Waals surface area contributed by atoms with Gasteiger partial charge in [0.2, 0.25) is 15.9 Å². The van der Waals surface area contributed by atoms with Gasteiger partial charge in [0, 0.05) is 37.8 Å². The van der Waals surface area contributed by atoms with Crippen molar-refractivity contribution in [1.82, 2.24) is 14.3 Å². The normalized spacial score (nSPS) is 17.4. The number of benzene rings is 2. The van der Waals surface area contributed by atoms with Crippen LogP contribution in [0, 0.1) is 18.6 Å². The molecule has 32 heavy (non-hydrogen) atoms. The second kappa shape index (κ2) is 8.79. The Morgan fingerprint density at radius 1 is 1.03 bits per heavy atom. The van der Waals surface area contributed by atoms with Crippen molar-refractivity contribution in [3.05, 3.63) is 72.1 Å². The number of nitrogens with zero attached hydrogens (tertiary/aromatic N) is 4. The lowest BCUT2D eigenvalue weighted by Crippen LogP contribution is -2.54. The zero-order valence-corrected chi connectivity index (χ0v) is 18.4. The number of aryl methyl sites for hydroxylation is 1. The van der Waals surface area contributed by atoms with Gasteiger partial charge in [-0.25, -0.2) is 27.2 Å². The summed E-state index contributed by atoms with van der Waals surface area (Å²) in [4.78, 5) is 10.4. The highest BCUT2D eigenvalue weighted by Crippen LogP contribution is 2.28. The van der Waals surface area contributed by atoms with Crippen LogP contribution in [0.5, 0.6) is 11.6 Å². The molecule has 10 heteroatoms. The van der Waals surface area contributed by atoms with Gasteiger partial charge in [0.15, 0.2) is 11.6 Å². The van der Waals surface area contributed by atoms with E-state index in [1.54, 1.807) is 30.3 Å². The van der Waals surface area contributed by atoms with Crippen molar-refractivity contribution < 1.29 is 21.9 Å². The molecule has 168 valence electrons. The van der Waals surface area contributed by atoms with Gasteiger partial charge in [-0.15, -0.1) is 0 Å². The molecule has 1 fully saturated rings. The fourth-order valence-electron chi connectivity index (χ4n) is 3.58. The van der Waals surface area contributed by atoms with Crippen LogP contribution in [0.3, 0.4) is 0 Å². The van der Waals surface area contributed by atoms with E-state index in [-0.39, 0.29) is 29.1 Å². The van der Waals surface area contributed by atoms with Gasteiger partial charge in [-0.05, 0) is 38.1 Å². The Kier molecular flexibility index (Phi) is 6.07. The average molecular weight is 461 g/mol. The number of rotatable bonds is 5. The topological polar surface area (TPSA) is 75.6 Å². The molecule has 3 aromatic rings. The quantitative estimate of drug-likeness (QED) is 0.577. The molecule has 2 aromatic carbocycles. The molecule has 0 bridgehead atoms. The van der Waals surface area contributed by atoms with Crippen LogP contribution in [0.15, 0.2) is 59.8 Å². The molecule has 1 aliphatic heterocycles. The van der Waals surface area contributed by atoms with Gasteiger partial charge in [-0.1, -0.05) is 17.7 Å². The van der Waals surface area contributed by atoms with Crippen LogP contribution in [0.4, 0.5) is 14.6 Å². The third-order valence-electron chi connectivity index (χ3n) is 5.25. The minimum Gasteiger partial charge on any atom is -0.436 e. The lowest BCUT2D eigenvalue weighted by atomic mass is 10.2. The van der Waals surface area contributed by atoms with Crippen LogP contribution < -0.4 is 9.64 Å². The molecule has 1 saturated heterocycles. The SMILES string of the molecule is Cc1ccc(S(=O)(=O)N2CCN(c3cc(Oc4ccc(F)cc4F)ncn3)CC2C)cc1. The number of halogens is 2. The number of sulfonamides is 1. The summed E-state index contributed by atoms with van der Waals surface area (Å²) in [6.07, 6.45) is 1.28. The zero-order valence-electron chi connectivity index (χ0n) is 17.6. The number of piperazine rings is 1. The number of aromatic nitrogens is 2. The van der Waals surface area contributed by atoms with E-state index in [0.717, 1.165) is 17.7 Å². The lowest BCUT2D eigenvalue weighted by molar-refractivity contribution is 0.305. The standard InChI is InChI=1S/C22H22F2N4O3S/c1-15-3-6-18(7-4-15)32(29,30)28-10-9-27(13-16(28)2)21-12-22(26-14-25-21)31-20-8-5-17(23)11-19(20)24/h3-8,11-12,14,16H,9-10,13H2,1-2H3. The summed E-state index contributed by atoms with van der Waals surface area (Å²) in [6.45, 7) is 4.85. The molecular formula is C22H22F2N4O3S. The summed E-state index contributed by atoms with van der Waals surface area (Å²) >= 11 is 0. The van der Waals surface area contributed by atoms with Crippen LogP contribution >= 0.6 is 0 Å². The number of hydrogen-bond acceptors (Lipinski definition) is 6. The Morgan fingerprint density at radius 2 is 1.78 bits per heavy atom. The van der Waals surface area contributed by atoms with Crippen molar-refractivity contribution in [1.29, 1.82) is 0 Å². The van der Waals surface area contributed by atoms with E-state index >= 15 is 0 Å². The first-order valence-electron chi connectivity index (χ1n) is 10.0. The maximum absolute atomic E-state index is 13.9. The molecule has 2 heterocycles. The minimum absolute atomic E-state index is 0.0999. The van der Waals surface area contributed by atoms with Gasteiger partial charge >= 0.3 is 0 Å². The van der Waals surface area contributed by atoms with E-state index in [2.05, 4.69) is 9.97 Å². The van der Waals surface area contributed by atoms with Crippen molar-refractivity contribution in [2.75, 3.05) is 24.5 Å². The van der Waals surface area contributed by atoms with Crippen molar-refractivity contribution in [2.45, 2.75) is 24.8 Å². The highest BCUT2D eigenvalue weighted by atomic mass is 32.2. The van der Waals surface area contributed by atoms with Crippen LogP contribution in [0.2, 0.25) is 0 Å². The van der Waals surface area contributed by atoms with Crippen molar-refractivity contribution >= 4 is 15.8 Å². The van der Waals surface area contributed by atoms with E-state index in [9.17, 15) is 17.2 Å². The maximum Gasteiger partial charge on any atom is 0.243 e. The molecule has 0 saturated carbocycles. The summed E-state index contributed by atoms with van der Waals surface area (Å²) < 4.78 is 60.0. The van der Waals surface area contributed by atoms with E-state index < -0.39 is 21.7 Å². The molecule has 1 atom stereocenters. The average Bonchev–Trinajstić information content (AvgIpc) is 2.76. The summed E-state index contributed by atoms with van der Waals surface area (Å²) in [5.74, 6) is -1.07.